The maximum atomic E-state index is 12.6. The van der Waals surface area contributed by atoms with Gasteiger partial charge in [0.15, 0.2) is 36.8 Å². The van der Waals surface area contributed by atoms with E-state index in [1.54, 1.807) is 30.3 Å². The maximum absolute atomic E-state index is 12.6. The number of rotatable bonds is 15. The van der Waals surface area contributed by atoms with Crippen molar-refractivity contribution in [2.75, 3.05) is 13.2 Å². The fraction of sp³-hybridized carbons (Fsp3) is 0.531. The lowest BCUT2D eigenvalue weighted by atomic mass is 9.97. The van der Waals surface area contributed by atoms with Gasteiger partial charge < -0.3 is 42.6 Å². The molecule has 0 bridgehead atoms. The normalized spacial score (nSPS) is 21.5. The molecule has 1 fully saturated rings. The summed E-state index contributed by atoms with van der Waals surface area (Å²) in [5.41, 5.74) is 0.462. The largest absolute Gasteiger partial charge is 0.463 e. The first-order valence-electron chi connectivity index (χ1n) is 15.5. The molecular weight excluding hydrogens is 682 g/mol. The molecule has 0 radical (unpaired) electrons. The van der Waals surface area contributed by atoms with Gasteiger partial charge in [-0.2, -0.15) is 9.90 Å². The van der Waals surface area contributed by atoms with E-state index in [0.717, 1.165) is 48.5 Å². The van der Waals surface area contributed by atoms with E-state index in [0.29, 0.717) is 5.69 Å². The molecule has 3 rings (SSSR count). The standard InChI is InChI=1S/C32H39N3O16/c1-16(36)43-14-25(45-18(3)38)28(27(46-19(4)39)24-13-33-35(34-24)23-11-9-8-10-12-23)51-32-31(49-22(7)42)30(48-21(6)41)29(47-20(5)40)26(50-32)15-44-17(2)37/h8-13,25-32H,14-15H2,1-7H3/t25-,26+,27-,28-,29+,30?,31-,32?/m1/s1. The summed E-state index contributed by atoms with van der Waals surface area (Å²) in [7, 11) is 0. The number of aromatic nitrogens is 3. The van der Waals surface area contributed by atoms with Crippen LogP contribution in [0.2, 0.25) is 0 Å². The van der Waals surface area contributed by atoms with Gasteiger partial charge in [-0.3, -0.25) is 33.6 Å². The van der Waals surface area contributed by atoms with Gasteiger partial charge in [-0.1, -0.05) is 18.2 Å². The summed E-state index contributed by atoms with van der Waals surface area (Å²) in [6.07, 6.45) is -11.8. The molecule has 278 valence electrons. The molecule has 1 aliphatic rings. The van der Waals surface area contributed by atoms with Crippen molar-refractivity contribution in [1.29, 1.82) is 0 Å². The van der Waals surface area contributed by atoms with Crippen molar-refractivity contribution in [3.63, 3.8) is 0 Å². The zero-order valence-electron chi connectivity index (χ0n) is 28.9. The number of nitrogens with zero attached hydrogens (tertiary/aromatic N) is 3. The van der Waals surface area contributed by atoms with Gasteiger partial charge in [0.25, 0.3) is 0 Å². The molecule has 19 nitrogen and oxygen atoms in total. The summed E-state index contributed by atoms with van der Waals surface area (Å²) in [6, 6.07) is 8.62. The van der Waals surface area contributed by atoms with E-state index in [4.69, 9.17) is 42.6 Å². The molecular formula is C32H39N3O16. The molecule has 8 atom stereocenters. The van der Waals surface area contributed by atoms with Crippen molar-refractivity contribution < 1.29 is 76.2 Å². The number of ether oxygens (including phenoxy) is 9. The Labute approximate surface area is 291 Å². The van der Waals surface area contributed by atoms with Gasteiger partial charge in [0.1, 0.15) is 31.1 Å². The summed E-state index contributed by atoms with van der Waals surface area (Å²) in [5.74, 6) is -5.97. The lowest BCUT2D eigenvalue weighted by Crippen LogP contribution is -2.64. The third kappa shape index (κ3) is 12.1. The lowest BCUT2D eigenvalue weighted by Gasteiger charge is -2.45. The maximum Gasteiger partial charge on any atom is 0.303 e. The van der Waals surface area contributed by atoms with Crippen molar-refractivity contribution in [1.82, 2.24) is 15.0 Å². The summed E-state index contributed by atoms with van der Waals surface area (Å²) < 4.78 is 50.2. The zero-order chi connectivity index (χ0) is 37.8. The highest BCUT2D eigenvalue weighted by Crippen LogP contribution is 2.35. The Morgan fingerprint density at radius 3 is 1.82 bits per heavy atom. The van der Waals surface area contributed by atoms with Crippen molar-refractivity contribution >= 4 is 41.8 Å². The average Bonchev–Trinajstić information content (AvgIpc) is 3.52. The number of esters is 7. The van der Waals surface area contributed by atoms with Crippen molar-refractivity contribution in [2.24, 2.45) is 0 Å². The van der Waals surface area contributed by atoms with Gasteiger partial charge in [-0.25, -0.2) is 0 Å². The van der Waals surface area contributed by atoms with Gasteiger partial charge in [0, 0.05) is 48.5 Å². The molecule has 51 heavy (non-hydrogen) atoms. The molecule has 0 spiro atoms. The molecule has 1 aliphatic heterocycles. The SMILES string of the molecule is CC(=O)OC[C@@H]1OC(O[C@@H]([C@H](OC(C)=O)c2cnn(-c3ccccc3)n2)[C@@H](COC(C)=O)OC(C)=O)[C@H](OC(C)=O)C(OC(C)=O)[C@H]1OC(C)=O. The molecule has 0 N–H and O–H groups in total. The molecule has 0 saturated carbocycles. The van der Waals surface area contributed by atoms with Gasteiger partial charge >= 0.3 is 41.8 Å². The minimum atomic E-state index is -1.84. The zero-order valence-corrected chi connectivity index (χ0v) is 28.9. The number of hydrogen-bond donors (Lipinski definition) is 0. The van der Waals surface area contributed by atoms with Crippen LogP contribution in [0.15, 0.2) is 36.5 Å². The third-order valence-electron chi connectivity index (χ3n) is 6.75. The third-order valence-corrected chi connectivity index (χ3v) is 6.75. The van der Waals surface area contributed by atoms with Crippen LogP contribution in [0.1, 0.15) is 60.3 Å². The van der Waals surface area contributed by atoms with Crippen LogP contribution in [-0.2, 0) is 76.2 Å². The van der Waals surface area contributed by atoms with Gasteiger partial charge in [0.05, 0.1) is 11.9 Å². The number of carbonyl (C=O) groups excluding carboxylic acids is 7. The fourth-order valence-electron chi connectivity index (χ4n) is 4.98. The van der Waals surface area contributed by atoms with Gasteiger partial charge in [-0.05, 0) is 12.1 Å². The molecule has 2 aromatic rings. The Bertz CT molecular complexity index is 1560. The van der Waals surface area contributed by atoms with E-state index >= 15 is 0 Å². The quantitative estimate of drug-likeness (QED) is 0.183. The van der Waals surface area contributed by atoms with Crippen LogP contribution < -0.4 is 0 Å². The fourth-order valence-corrected chi connectivity index (χ4v) is 4.98. The summed E-state index contributed by atoms with van der Waals surface area (Å²) in [5, 5.41) is 8.66. The Morgan fingerprint density at radius 2 is 1.27 bits per heavy atom. The molecule has 1 aromatic heterocycles. The first kappa shape index (κ1) is 40.0. The van der Waals surface area contributed by atoms with Crippen molar-refractivity contribution in [3.05, 3.63) is 42.2 Å². The molecule has 0 amide bonds. The second-order valence-electron chi connectivity index (χ2n) is 11.0. The van der Waals surface area contributed by atoms with E-state index < -0.39 is 104 Å². The predicted molar refractivity (Wildman–Crippen MR) is 165 cm³/mol. The molecule has 2 unspecified atom stereocenters. The van der Waals surface area contributed by atoms with Crippen LogP contribution in [0.25, 0.3) is 5.69 Å². The highest BCUT2D eigenvalue weighted by atomic mass is 16.7. The van der Waals surface area contributed by atoms with E-state index in [2.05, 4.69) is 10.2 Å². The minimum Gasteiger partial charge on any atom is -0.463 e. The van der Waals surface area contributed by atoms with Crippen LogP contribution >= 0.6 is 0 Å². The van der Waals surface area contributed by atoms with Gasteiger partial charge in [-0.15, -0.1) is 5.10 Å². The predicted octanol–water partition coefficient (Wildman–Crippen LogP) is 0.835. The second kappa shape index (κ2) is 18.5. The molecule has 0 aliphatic carbocycles. The lowest BCUT2D eigenvalue weighted by molar-refractivity contribution is -0.329. The van der Waals surface area contributed by atoms with Crippen LogP contribution in [0.5, 0.6) is 0 Å². The Kier molecular flexibility index (Phi) is 14.5. The van der Waals surface area contributed by atoms with Gasteiger partial charge in [0.2, 0.25) is 0 Å². The molecule has 2 heterocycles. The molecule has 1 saturated heterocycles. The number of para-hydroxylation sites is 1. The highest BCUT2D eigenvalue weighted by molar-refractivity contribution is 5.69. The van der Waals surface area contributed by atoms with Crippen LogP contribution in [0, 0.1) is 0 Å². The van der Waals surface area contributed by atoms with Crippen molar-refractivity contribution in [2.45, 2.75) is 97.5 Å². The number of benzene rings is 1. The van der Waals surface area contributed by atoms with Crippen LogP contribution in [0.4, 0.5) is 0 Å². The highest BCUT2D eigenvalue weighted by Gasteiger charge is 2.55. The van der Waals surface area contributed by atoms with E-state index in [1.807, 2.05) is 0 Å². The Balaban J connectivity index is 2.23. The van der Waals surface area contributed by atoms with Crippen LogP contribution in [0.3, 0.4) is 0 Å². The summed E-state index contributed by atoms with van der Waals surface area (Å²) in [6.45, 7) is 6.20. The van der Waals surface area contributed by atoms with E-state index in [9.17, 15) is 33.6 Å². The minimum absolute atomic E-state index is 0.0512. The number of carbonyl (C=O) groups is 7. The Morgan fingerprint density at radius 1 is 0.706 bits per heavy atom. The molecule has 1 aromatic carbocycles. The van der Waals surface area contributed by atoms with E-state index in [1.165, 1.54) is 11.0 Å². The first-order valence-corrected chi connectivity index (χ1v) is 15.5. The van der Waals surface area contributed by atoms with Crippen LogP contribution in [-0.4, -0.2) is 113 Å². The van der Waals surface area contributed by atoms with E-state index in [-0.39, 0.29) is 5.69 Å². The molecule has 19 heteroatoms. The topological polar surface area (TPSA) is 233 Å². The second-order valence-corrected chi connectivity index (χ2v) is 11.0. The smallest absolute Gasteiger partial charge is 0.303 e. The average molecular weight is 722 g/mol. The summed E-state index contributed by atoms with van der Waals surface area (Å²) in [4.78, 5) is 86.8. The monoisotopic (exact) mass is 721 g/mol. The Hall–Kier alpha value is -5.43. The van der Waals surface area contributed by atoms with Crippen molar-refractivity contribution in [3.8, 4) is 5.69 Å². The number of hydrogen-bond acceptors (Lipinski definition) is 18. The first-order chi connectivity index (χ1) is 24.0. The summed E-state index contributed by atoms with van der Waals surface area (Å²) >= 11 is 0.